The van der Waals surface area contributed by atoms with E-state index in [1.54, 1.807) is 0 Å². The Balaban J connectivity index is 1.72. The SMILES string of the molecule is BrC1=NO[C@H](CN2CCCCC2)C1. The molecule has 2 aliphatic heterocycles. The van der Waals surface area contributed by atoms with Crippen molar-refractivity contribution in [3.05, 3.63) is 0 Å². The van der Waals surface area contributed by atoms with Gasteiger partial charge < -0.3 is 4.84 Å². The van der Waals surface area contributed by atoms with Crippen LogP contribution in [0.1, 0.15) is 25.7 Å². The summed E-state index contributed by atoms with van der Waals surface area (Å²) in [5.74, 6) is 0. The summed E-state index contributed by atoms with van der Waals surface area (Å²) in [6, 6.07) is 0. The van der Waals surface area contributed by atoms with Crippen molar-refractivity contribution in [2.45, 2.75) is 31.8 Å². The molecule has 0 radical (unpaired) electrons. The summed E-state index contributed by atoms with van der Waals surface area (Å²) in [7, 11) is 0. The second-order valence-electron chi connectivity index (χ2n) is 3.76. The molecule has 0 bridgehead atoms. The van der Waals surface area contributed by atoms with E-state index in [0.717, 1.165) is 17.6 Å². The molecule has 1 atom stereocenters. The van der Waals surface area contributed by atoms with Crippen molar-refractivity contribution >= 4 is 20.6 Å². The van der Waals surface area contributed by atoms with Crippen LogP contribution in [-0.2, 0) is 4.84 Å². The Kier molecular flexibility index (Phi) is 3.22. The molecule has 0 aromatic rings. The monoisotopic (exact) mass is 246 g/mol. The van der Waals surface area contributed by atoms with Crippen LogP contribution in [0.5, 0.6) is 0 Å². The number of nitrogens with zero attached hydrogens (tertiary/aromatic N) is 2. The van der Waals surface area contributed by atoms with E-state index < -0.39 is 0 Å². The number of rotatable bonds is 2. The first-order chi connectivity index (χ1) is 6.34. The molecular weight excluding hydrogens is 232 g/mol. The molecule has 2 rings (SSSR count). The molecule has 0 spiro atoms. The predicted molar refractivity (Wildman–Crippen MR) is 56.1 cm³/mol. The van der Waals surface area contributed by atoms with Crippen LogP contribution >= 0.6 is 15.9 Å². The zero-order chi connectivity index (χ0) is 9.10. The van der Waals surface area contributed by atoms with Gasteiger partial charge in [0.2, 0.25) is 0 Å². The molecule has 4 heteroatoms. The summed E-state index contributed by atoms with van der Waals surface area (Å²) in [4.78, 5) is 7.75. The van der Waals surface area contributed by atoms with Gasteiger partial charge in [-0.15, -0.1) is 0 Å². The topological polar surface area (TPSA) is 24.8 Å². The Morgan fingerprint density at radius 3 is 2.77 bits per heavy atom. The lowest BCUT2D eigenvalue weighted by Crippen LogP contribution is -2.36. The van der Waals surface area contributed by atoms with Crippen LogP contribution < -0.4 is 0 Å². The molecule has 0 saturated carbocycles. The number of halogens is 1. The Bertz CT molecular complexity index is 202. The van der Waals surface area contributed by atoms with E-state index >= 15 is 0 Å². The highest BCUT2D eigenvalue weighted by Crippen LogP contribution is 2.17. The first-order valence-electron chi connectivity index (χ1n) is 4.95. The van der Waals surface area contributed by atoms with Crippen molar-refractivity contribution in [3.63, 3.8) is 0 Å². The van der Waals surface area contributed by atoms with Crippen molar-refractivity contribution in [3.8, 4) is 0 Å². The molecule has 0 aliphatic carbocycles. The molecular formula is C9H15BrN2O. The van der Waals surface area contributed by atoms with E-state index in [0.29, 0.717) is 0 Å². The Labute approximate surface area is 87.2 Å². The van der Waals surface area contributed by atoms with Gasteiger partial charge in [0.15, 0.2) is 0 Å². The van der Waals surface area contributed by atoms with E-state index in [1.165, 1.54) is 32.4 Å². The molecule has 0 amide bonds. The second kappa shape index (κ2) is 4.42. The summed E-state index contributed by atoms with van der Waals surface area (Å²) >= 11 is 3.35. The van der Waals surface area contributed by atoms with E-state index in [4.69, 9.17) is 4.84 Å². The van der Waals surface area contributed by atoms with E-state index in [-0.39, 0.29) is 6.10 Å². The van der Waals surface area contributed by atoms with Gasteiger partial charge in [0.25, 0.3) is 0 Å². The maximum atomic E-state index is 5.27. The fraction of sp³-hybridized carbons (Fsp3) is 0.889. The fourth-order valence-electron chi connectivity index (χ4n) is 1.92. The summed E-state index contributed by atoms with van der Waals surface area (Å²) in [6.45, 7) is 3.51. The zero-order valence-corrected chi connectivity index (χ0v) is 9.29. The molecule has 0 unspecified atom stereocenters. The van der Waals surface area contributed by atoms with Gasteiger partial charge >= 0.3 is 0 Å². The highest BCUT2D eigenvalue weighted by molar-refractivity contribution is 9.18. The normalized spacial score (nSPS) is 29.9. The Morgan fingerprint density at radius 2 is 2.15 bits per heavy atom. The average molecular weight is 247 g/mol. The van der Waals surface area contributed by atoms with Crippen molar-refractivity contribution < 1.29 is 4.84 Å². The van der Waals surface area contributed by atoms with Crippen molar-refractivity contribution in [2.24, 2.45) is 5.16 Å². The van der Waals surface area contributed by atoms with E-state index in [9.17, 15) is 0 Å². The van der Waals surface area contributed by atoms with Crippen LogP contribution in [0.15, 0.2) is 5.16 Å². The van der Waals surface area contributed by atoms with Gasteiger partial charge in [0, 0.05) is 13.0 Å². The minimum Gasteiger partial charge on any atom is -0.390 e. The molecule has 3 nitrogen and oxygen atoms in total. The second-order valence-corrected chi connectivity index (χ2v) is 4.68. The number of oxime groups is 1. The van der Waals surface area contributed by atoms with Crippen molar-refractivity contribution in [1.82, 2.24) is 4.90 Å². The predicted octanol–water partition coefficient (Wildman–Crippen LogP) is 1.97. The standard InChI is InChI=1S/C9H15BrN2O/c10-9-6-8(13-11-9)7-12-4-2-1-3-5-12/h8H,1-7H2/t8-/m0/s1. The van der Waals surface area contributed by atoms with Crippen molar-refractivity contribution in [1.29, 1.82) is 0 Å². The maximum absolute atomic E-state index is 5.27. The molecule has 74 valence electrons. The summed E-state index contributed by atoms with van der Waals surface area (Å²) in [5.41, 5.74) is 0. The van der Waals surface area contributed by atoms with Gasteiger partial charge in [0.05, 0.1) is 0 Å². The van der Waals surface area contributed by atoms with Gasteiger partial charge in [-0.2, -0.15) is 0 Å². The third-order valence-electron chi connectivity index (χ3n) is 2.61. The smallest absolute Gasteiger partial charge is 0.146 e. The van der Waals surface area contributed by atoms with Gasteiger partial charge in [0.1, 0.15) is 10.7 Å². The number of hydrogen-bond acceptors (Lipinski definition) is 3. The zero-order valence-electron chi connectivity index (χ0n) is 7.71. The van der Waals surface area contributed by atoms with E-state index in [1.807, 2.05) is 0 Å². The quantitative estimate of drug-likeness (QED) is 0.745. The summed E-state index contributed by atoms with van der Waals surface area (Å²) in [5, 5.41) is 3.89. The van der Waals surface area contributed by atoms with Gasteiger partial charge in [-0.1, -0.05) is 11.6 Å². The van der Waals surface area contributed by atoms with Crippen LogP contribution in [0.2, 0.25) is 0 Å². The van der Waals surface area contributed by atoms with Crippen LogP contribution in [0.4, 0.5) is 0 Å². The molecule has 0 N–H and O–H groups in total. The first-order valence-corrected chi connectivity index (χ1v) is 5.74. The lowest BCUT2D eigenvalue weighted by Gasteiger charge is -2.27. The minimum atomic E-state index is 0.285. The minimum absolute atomic E-state index is 0.285. The van der Waals surface area contributed by atoms with Gasteiger partial charge in [-0.25, -0.2) is 0 Å². The van der Waals surface area contributed by atoms with Crippen LogP contribution in [0.25, 0.3) is 0 Å². The third-order valence-corrected chi connectivity index (χ3v) is 3.08. The number of likely N-dealkylation sites (tertiary alicyclic amines) is 1. The van der Waals surface area contributed by atoms with Crippen LogP contribution in [-0.4, -0.2) is 35.3 Å². The largest absolute Gasteiger partial charge is 0.390 e. The lowest BCUT2D eigenvalue weighted by atomic mass is 10.1. The molecule has 1 fully saturated rings. The average Bonchev–Trinajstić information content (AvgIpc) is 2.53. The maximum Gasteiger partial charge on any atom is 0.146 e. The molecule has 13 heavy (non-hydrogen) atoms. The van der Waals surface area contributed by atoms with Gasteiger partial charge in [-0.05, 0) is 41.9 Å². The van der Waals surface area contributed by atoms with Crippen LogP contribution in [0.3, 0.4) is 0 Å². The molecule has 0 aromatic heterocycles. The third kappa shape index (κ3) is 2.68. The number of hydrogen-bond donors (Lipinski definition) is 0. The van der Waals surface area contributed by atoms with E-state index in [2.05, 4.69) is 26.0 Å². The molecule has 2 aliphatic rings. The Hall–Kier alpha value is -0.0900. The lowest BCUT2D eigenvalue weighted by molar-refractivity contribution is 0.0473. The highest BCUT2D eigenvalue weighted by atomic mass is 79.9. The highest BCUT2D eigenvalue weighted by Gasteiger charge is 2.22. The van der Waals surface area contributed by atoms with Crippen LogP contribution in [0, 0.1) is 0 Å². The fourth-order valence-corrected chi connectivity index (χ4v) is 2.37. The summed E-state index contributed by atoms with van der Waals surface area (Å²) < 4.78 is 0.953. The van der Waals surface area contributed by atoms with Crippen molar-refractivity contribution in [2.75, 3.05) is 19.6 Å². The first kappa shape index (κ1) is 9.46. The van der Waals surface area contributed by atoms with Gasteiger partial charge in [-0.3, -0.25) is 4.90 Å². The molecule has 0 aromatic carbocycles. The molecule has 1 saturated heterocycles. The Morgan fingerprint density at radius 1 is 1.38 bits per heavy atom. The molecule has 2 heterocycles. The summed E-state index contributed by atoms with van der Waals surface area (Å²) in [6.07, 6.45) is 5.30. The number of piperidine rings is 1.